The Hall–Kier alpha value is -1.05. The molecule has 2 heteroatoms. The molecule has 2 unspecified atom stereocenters. The fraction of sp³-hybridized carbons (Fsp3) is 0.444. The van der Waals surface area contributed by atoms with E-state index in [2.05, 4.69) is 6.92 Å². The van der Waals surface area contributed by atoms with Crippen LogP contribution < -0.4 is 0 Å². The van der Waals surface area contributed by atoms with Gasteiger partial charge < -0.3 is 4.42 Å². The number of rotatable bonds is 2. The second kappa shape index (κ2) is 2.22. The van der Waals surface area contributed by atoms with Gasteiger partial charge in [-0.25, -0.2) is 0 Å². The molecule has 1 saturated carbocycles. The maximum absolute atomic E-state index is 11.4. The van der Waals surface area contributed by atoms with Gasteiger partial charge in [0.25, 0.3) is 0 Å². The first-order valence-corrected chi connectivity index (χ1v) is 3.87. The van der Waals surface area contributed by atoms with Crippen LogP contribution in [0.25, 0.3) is 0 Å². The molecule has 1 aliphatic rings. The van der Waals surface area contributed by atoms with Crippen molar-refractivity contribution in [2.24, 2.45) is 11.8 Å². The van der Waals surface area contributed by atoms with Gasteiger partial charge in [0, 0.05) is 5.92 Å². The molecule has 0 radical (unpaired) electrons. The molecule has 1 heterocycles. The number of furan rings is 1. The van der Waals surface area contributed by atoms with Gasteiger partial charge in [-0.05, 0) is 24.5 Å². The van der Waals surface area contributed by atoms with Crippen molar-refractivity contribution in [2.75, 3.05) is 0 Å². The Kier molecular flexibility index (Phi) is 1.34. The van der Waals surface area contributed by atoms with Gasteiger partial charge >= 0.3 is 0 Å². The number of hydrogen-bond acceptors (Lipinski definition) is 2. The van der Waals surface area contributed by atoms with Crippen LogP contribution in [-0.4, -0.2) is 5.78 Å². The van der Waals surface area contributed by atoms with Crippen molar-refractivity contribution in [3.05, 3.63) is 24.2 Å². The van der Waals surface area contributed by atoms with Crippen LogP contribution in [0.4, 0.5) is 0 Å². The van der Waals surface area contributed by atoms with Crippen LogP contribution in [0.15, 0.2) is 22.8 Å². The van der Waals surface area contributed by atoms with E-state index in [4.69, 9.17) is 4.42 Å². The van der Waals surface area contributed by atoms with Gasteiger partial charge in [0.1, 0.15) is 0 Å². The average Bonchev–Trinajstić information content (AvgIpc) is 2.56. The van der Waals surface area contributed by atoms with E-state index in [1.165, 1.54) is 0 Å². The quantitative estimate of drug-likeness (QED) is 0.604. The van der Waals surface area contributed by atoms with E-state index in [-0.39, 0.29) is 11.7 Å². The predicted octanol–water partition coefficient (Wildman–Crippen LogP) is 2.12. The molecule has 2 atom stereocenters. The lowest BCUT2D eigenvalue weighted by atomic mass is 10.2. The SMILES string of the molecule is CC1CC1C(=O)c1ccco1. The average molecular weight is 150 g/mol. The fourth-order valence-electron chi connectivity index (χ4n) is 1.29. The third-order valence-electron chi connectivity index (χ3n) is 2.21. The van der Waals surface area contributed by atoms with Gasteiger partial charge in [-0.15, -0.1) is 0 Å². The van der Waals surface area contributed by atoms with Gasteiger partial charge in [0.15, 0.2) is 5.76 Å². The number of carbonyl (C=O) groups excluding carboxylic acids is 1. The second-order valence-corrected chi connectivity index (χ2v) is 3.16. The summed E-state index contributed by atoms with van der Waals surface area (Å²) in [6.45, 7) is 2.09. The van der Waals surface area contributed by atoms with Crippen LogP contribution in [0.3, 0.4) is 0 Å². The molecule has 11 heavy (non-hydrogen) atoms. The Morgan fingerprint density at radius 3 is 2.91 bits per heavy atom. The summed E-state index contributed by atoms with van der Waals surface area (Å²) in [5.41, 5.74) is 0. The first-order chi connectivity index (χ1) is 5.29. The molecule has 0 aliphatic heterocycles. The highest BCUT2D eigenvalue weighted by molar-refractivity contribution is 5.97. The van der Waals surface area contributed by atoms with Crippen molar-refractivity contribution in [3.8, 4) is 0 Å². The Labute approximate surface area is 65.2 Å². The largest absolute Gasteiger partial charge is 0.461 e. The molecule has 1 aliphatic carbocycles. The summed E-state index contributed by atoms with van der Waals surface area (Å²) >= 11 is 0. The standard InChI is InChI=1S/C9H10O2/c1-6-5-7(6)9(10)8-3-2-4-11-8/h2-4,6-7H,5H2,1H3. The zero-order valence-corrected chi connectivity index (χ0v) is 6.41. The minimum atomic E-state index is 0.169. The van der Waals surface area contributed by atoms with Gasteiger partial charge in [-0.3, -0.25) is 4.79 Å². The van der Waals surface area contributed by atoms with Crippen molar-refractivity contribution in [1.82, 2.24) is 0 Å². The number of hydrogen-bond donors (Lipinski definition) is 0. The van der Waals surface area contributed by atoms with E-state index in [0.29, 0.717) is 11.7 Å². The molecular weight excluding hydrogens is 140 g/mol. The van der Waals surface area contributed by atoms with Crippen molar-refractivity contribution in [1.29, 1.82) is 0 Å². The molecule has 1 aromatic rings. The topological polar surface area (TPSA) is 30.2 Å². The summed E-state index contributed by atoms with van der Waals surface area (Å²) in [6.07, 6.45) is 2.57. The second-order valence-electron chi connectivity index (χ2n) is 3.16. The summed E-state index contributed by atoms with van der Waals surface area (Å²) in [4.78, 5) is 11.4. The molecule has 0 bridgehead atoms. The van der Waals surface area contributed by atoms with Crippen LogP contribution in [0, 0.1) is 11.8 Å². The van der Waals surface area contributed by atoms with E-state index in [1.54, 1.807) is 18.4 Å². The van der Waals surface area contributed by atoms with E-state index < -0.39 is 0 Å². The lowest BCUT2D eigenvalue weighted by Crippen LogP contribution is -2.00. The highest BCUT2D eigenvalue weighted by Crippen LogP contribution is 2.40. The summed E-state index contributed by atoms with van der Waals surface area (Å²) < 4.78 is 5.00. The first-order valence-electron chi connectivity index (χ1n) is 3.87. The number of Topliss-reactive ketones (excluding diaryl/α,β-unsaturated/α-hetero) is 1. The monoisotopic (exact) mass is 150 g/mol. The highest BCUT2D eigenvalue weighted by Gasteiger charge is 2.40. The summed E-state index contributed by atoms with van der Waals surface area (Å²) in [6, 6.07) is 3.48. The lowest BCUT2D eigenvalue weighted by Gasteiger charge is -1.90. The molecule has 1 aromatic heterocycles. The summed E-state index contributed by atoms with van der Waals surface area (Å²) in [5.74, 6) is 1.48. The third kappa shape index (κ3) is 1.09. The lowest BCUT2D eigenvalue weighted by molar-refractivity contribution is 0.0935. The number of ketones is 1. The Bertz CT molecular complexity index is 261. The van der Waals surface area contributed by atoms with Crippen LogP contribution in [0.1, 0.15) is 23.9 Å². The van der Waals surface area contributed by atoms with E-state index in [0.717, 1.165) is 6.42 Å². The Morgan fingerprint density at radius 2 is 2.45 bits per heavy atom. The Balaban J connectivity index is 2.13. The highest BCUT2D eigenvalue weighted by atomic mass is 16.3. The molecule has 2 nitrogen and oxygen atoms in total. The van der Waals surface area contributed by atoms with Crippen molar-refractivity contribution >= 4 is 5.78 Å². The van der Waals surface area contributed by atoms with Crippen LogP contribution >= 0.6 is 0 Å². The minimum Gasteiger partial charge on any atom is -0.461 e. The number of carbonyl (C=O) groups is 1. The zero-order valence-electron chi connectivity index (χ0n) is 6.41. The third-order valence-corrected chi connectivity index (χ3v) is 2.21. The molecule has 0 aromatic carbocycles. The van der Waals surface area contributed by atoms with E-state index in [1.807, 2.05) is 0 Å². The first kappa shape index (κ1) is 6.65. The molecule has 58 valence electrons. The molecule has 2 rings (SSSR count). The molecule has 0 saturated heterocycles. The fourth-order valence-corrected chi connectivity index (χ4v) is 1.29. The van der Waals surface area contributed by atoms with E-state index >= 15 is 0 Å². The Morgan fingerprint density at radius 1 is 1.73 bits per heavy atom. The normalized spacial score (nSPS) is 28.5. The molecular formula is C9H10O2. The maximum Gasteiger partial charge on any atom is 0.201 e. The zero-order chi connectivity index (χ0) is 7.84. The summed E-state index contributed by atoms with van der Waals surface area (Å²) in [7, 11) is 0. The maximum atomic E-state index is 11.4. The smallest absolute Gasteiger partial charge is 0.201 e. The molecule has 1 fully saturated rings. The van der Waals surface area contributed by atoms with Gasteiger partial charge in [-0.1, -0.05) is 6.92 Å². The molecule has 0 N–H and O–H groups in total. The molecule has 0 spiro atoms. The van der Waals surface area contributed by atoms with Crippen LogP contribution in [-0.2, 0) is 0 Å². The van der Waals surface area contributed by atoms with E-state index in [9.17, 15) is 4.79 Å². The van der Waals surface area contributed by atoms with Crippen molar-refractivity contribution < 1.29 is 9.21 Å². The van der Waals surface area contributed by atoms with Gasteiger partial charge in [0.2, 0.25) is 5.78 Å². The van der Waals surface area contributed by atoms with Crippen LogP contribution in [0.2, 0.25) is 0 Å². The van der Waals surface area contributed by atoms with Crippen LogP contribution in [0.5, 0.6) is 0 Å². The van der Waals surface area contributed by atoms with Gasteiger partial charge in [-0.2, -0.15) is 0 Å². The van der Waals surface area contributed by atoms with Gasteiger partial charge in [0.05, 0.1) is 6.26 Å². The van der Waals surface area contributed by atoms with Crippen molar-refractivity contribution in [3.63, 3.8) is 0 Å². The minimum absolute atomic E-state index is 0.169. The van der Waals surface area contributed by atoms with Crippen molar-refractivity contribution in [2.45, 2.75) is 13.3 Å². The summed E-state index contributed by atoms with van der Waals surface area (Å²) in [5, 5.41) is 0. The predicted molar refractivity (Wildman–Crippen MR) is 40.3 cm³/mol. The molecule has 0 amide bonds.